The van der Waals surface area contributed by atoms with Gasteiger partial charge in [0.25, 0.3) is 0 Å². The first-order valence-electron chi connectivity index (χ1n) is 5.44. The van der Waals surface area contributed by atoms with Crippen molar-refractivity contribution in [1.82, 2.24) is 0 Å². The van der Waals surface area contributed by atoms with Gasteiger partial charge in [-0.15, -0.1) is 0 Å². The number of nitriles is 1. The van der Waals surface area contributed by atoms with Crippen molar-refractivity contribution in [3.8, 4) is 17.6 Å². The SMILES string of the molecule is N#Cc1ccc(Oc2ccc(Br)cc2[N+](=O)[O-])c(F)c1Br. The first-order chi connectivity index (χ1) is 9.93. The molecule has 0 unspecified atom stereocenters. The number of nitro groups is 1. The molecule has 2 aromatic rings. The third-order valence-electron chi connectivity index (χ3n) is 2.50. The summed E-state index contributed by atoms with van der Waals surface area (Å²) in [4.78, 5) is 10.3. The molecular weight excluding hydrogens is 411 g/mol. The van der Waals surface area contributed by atoms with E-state index < -0.39 is 10.7 Å². The largest absolute Gasteiger partial charge is 0.447 e. The highest BCUT2D eigenvalue weighted by atomic mass is 79.9. The minimum Gasteiger partial charge on any atom is -0.447 e. The average Bonchev–Trinajstić information content (AvgIpc) is 2.45. The molecule has 21 heavy (non-hydrogen) atoms. The molecule has 0 aromatic heterocycles. The number of nitro benzene ring substituents is 1. The Hall–Kier alpha value is -1.98. The predicted octanol–water partition coefficient (Wildman–Crippen LogP) is 4.92. The Morgan fingerprint density at radius 2 is 1.90 bits per heavy atom. The topological polar surface area (TPSA) is 76.2 Å². The van der Waals surface area contributed by atoms with Crippen LogP contribution in [0.2, 0.25) is 0 Å². The van der Waals surface area contributed by atoms with E-state index in [1.807, 2.05) is 6.07 Å². The van der Waals surface area contributed by atoms with Gasteiger partial charge in [-0.1, -0.05) is 15.9 Å². The van der Waals surface area contributed by atoms with Crippen LogP contribution in [0.1, 0.15) is 5.56 Å². The molecule has 0 saturated carbocycles. The first kappa shape index (κ1) is 15.4. The predicted molar refractivity (Wildman–Crippen MR) is 79.7 cm³/mol. The van der Waals surface area contributed by atoms with Gasteiger partial charge in [0, 0.05) is 10.5 Å². The zero-order valence-electron chi connectivity index (χ0n) is 10.1. The van der Waals surface area contributed by atoms with Crippen molar-refractivity contribution in [3.63, 3.8) is 0 Å². The van der Waals surface area contributed by atoms with E-state index in [9.17, 15) is 14.5 Å². The van der Waals surface area contributed by atoms with Crippen LogP contribution in [-0.4, -0.2) is 4.92 Å². The van der Waals surface area contributed by atoms with E-state index in [4.69, 9.17) is 10.00 Å². The zero-order valence-corrected chi connectivity index (χ0v) is 13.3. The second-order valence-corrected chi connectivity index (χ2v) is 5.53. The van der Waals surface area contributed by atoms with Gasteiger partial charge in [0.2, 0.25) is 5.75 Å². The minimum absolute atomic E-state index is 0.0535. The second-order valence-electron chi connectivity index (χ2n) is 3.82. The minimum atomic E-state index is -0.800. The summed E-state index contributed by atoms with van der Waals surface area (Å²) in [6, 6.07) is 8.55. The highest BCUT2D eigenvalue weighted by Gasteiger charge is 2.19. The van der Waals surface area contributed by atoms with E-state index in [0.29, 0.717) is 4.47 Å². The highest BCUT2D eigenvalue weighted by molar-refractivity contribution is 9.10. The maximum absolute atomic E-state index is 14.0. The van der Waals surface area contributed by atoms with E-state index in [0.717, 1.165) is 0 Å². The van der Waals surface area contributed by atoms with Crippen molar-refractivity contribution in [2.24, 2.45) is 0 Å². The Kier molecular flexibility index (Phi) is 4.55. The monoisotopic (exact) mass is 414 g/mol. The fourth-order valence-corrected chi connectivity index (χ4v) is 2.30. The summed E-state index contributed by atoms with van der Waals surface area (Å²) in [7, 11) is 0. The van der Waals surface area contributed by atoms with Gasteiger partial charge in [-0.2, -0.15) is 5.26 Å². The molecule has 0 atom stereocenters. The van der Waals surface area contributed by atoms with Crippen molar-refractivity contribution in [2.45, 2.75) is 0 Å². The van der Waals surface area contributed by atoms with Crippen molar-refractivity contribution in [3.05, 3.63) is 60.8 Å². The van der Waals surface area contributed by atoms with Crippen molar-refractivity contribution in [1.29, 1.82) is 5.26 Å². The quantitative estimate of drug-likeness (QED) is 0.526. The molecule has 0 amide bonds. The van der Waals surface area contributed by atoms with Gasteiger partial charge in [0.05, 0.1) is 15.0 Å². The van der Waals surface area contributed by atoms with Gasteiger partial charge in [-0.25, -0.2) is 4.39 Å². The molecule has 8 heteroatoms. The smallest absolute Gasteiger partial charge is 0.312 e. The van der Waals surface area contributed by atoms with Crippen LogP contribution in [0.15, 0.2) is 39.3 Å². The van der Waals surface area contributed by atoms with E-state index in [1.54, 1.807) is 6.07 Å². The molecule has 0 aliphatic heterocycles. The number of rotatable bonds is 3. The number of nitrogens with zero attached hydrogens (tertiary/aromatic N) is 2. The average molecular weight is 416 g/mol. The first-order valence-corrected chi connectivity index (χ1v) is 7.02. The fraction of sp³-hybridized carbons (Fsp3) is 0. The van der Waals surface area contributed by atoms with Gasteiger partial charge >= 0.3 is 5.69 Å². The van der Waals surface area contributed by atoms with Crippen molar-refractivity contribution < 1.29 is 14.1 Å². The Bertz CT molecular complexity index is 775. The van der Waals surface area contributed by atoms with Crippen molar-refractivity contribution in [2.75, 3.05) is 0 Å². The maximum Gasteiger partial charge on any atom is 0.312 e. The lowest BCUT2D eigenvalue weighted by atomic mass is 10.2. The van der Waals surface area contributed by atoms with Crippen LogP contribution in [0.3, 0.4) is 0 Å². The van der Waals surface area contributed by atoms with Crippen LogP contribution in [0.25, 0.3) is 0 Å². The fourth-order valence-electron chi connectivity index (χ4n) is 1.53. The summed E-state index contributed by atoms with van der Waals surface area (Å²) in [6.07, 6.45) is 0. The summed E-state index contributed by atoms with van der Waals surface area (Å²) >= 11 is 6.06. The lowest BCUT2D eigenvalue weighted by Gasteiger charge is -2.09. The van der Waals surface area contributed by atoms with Crippen molar-refractivity contribution >= 4 is 37.5 Å². The molecule has 2 rings (SSSR count). The molecule has 0 aliphatic carbocycles. The molecule has 0 aliphatic rings. The molecule has 2 aromatic carbocycles. The van der Waals surface area contributed by atoms with E-state index >= 15 is 0 Å². The molecular formula is C13H5Br2FN2O3. The maximum atomic E-state index is 14.0. The summed E-state index contributed by atoms with van der Waals surface area (Å²) in [6.45, 7) is 0. The van der Waals surface area contributed by atoms with Crippen LogP contribution in [0.5, 0.6) is 11.5 Å². The molecule has 0 bridgehead atoms. The highest BCUT2D eigenvalue weighted by Crippen LogP contribution is 2.36. The molecule has 5 nitrogen and oxygen atoms in total. The third-order valence-corrected chi connectivity index (χ3v) is 3.77. The second kappa shape index (κ2) is 6.20. The number of ether oxygens (including phenoxy) is 1. The number of hydrogen-bond acceptors (Lipinski definition) is 4. The summed E-state index contributed by atoms with van der Waals surface area (Å²) in [5.74, 6) is -1.11. The molecule has 0 heterocycles. The van der Waals surface area contributed by atoms with Gasteiger partial charge < -0.3 is 4.74 Å². The number of benzene rings is 2. The van der Waals surface area contributed by atoms with Crippen LogP contribution >= 0.6 is 31.9 Å². The van der Waals surface area contributed by atoms with E-state index in [-0.39, 0.29) is 27.2 Å². The Balaban J connectivity index is 2.47. The van der Waals surface area contributed by atoms with Gasteiger partial charge in [-0.05, 0) is 40.2 Å². The molecule has 0 radical (unpaired) electrons. The zero-order chi connectivity index (χ0) is 15.6. The third kappa shape index (κ3) is 3.20. The van der Waals surface area contributed by atoms with E-state index in [1.165, 1.54) is 24.3 Å². The molecule has 0 fully saturated rings. The summed E-state index contributed by atoms with van der Waals surface area (Å²) in [5.41, 5.74) is -0.200. The molecule has 0 N–H and O–H groups in total. The van der Waals surface area contributed by atoms with Crippen LogP contribution in [0.4, 0.5) is 10.1 Å². The standard InChI is InChI=1S/C13H5Br2FN2O3/c14-8-2-4-10(9(5-8)18(19)20)21-11-3-1-7(6-17)12(15)13(11)16/h1-5H. The van der Waals surface area contributed by atoms with Gasteiger partial charge in [0.1, 0.15) is 6.07 Å². The lowest BCUT2D eigenvalue weighted by molar-refractivity contribution is -0.385. The van der Waals surface area contributed by atoms with Gasteiger partial charge in [-0.3, -0.25) is 10.1 Å². The van der Waals surface area contributed by atoms with Gasteiger partial charge in [0.15, 0.2) is 11.6 Å². The van der Waals surface area contributed by atoms with Crippen LogP contribution < -0.4 is 4.74 Å². The Labute approximate surface area is 135 Å². The van der Waals surface area contributed by atoms with E-state index in [2.05, 4.69) is 31.9 Å². The summed E-state index contributed by atoms with van der Waals surface area (Å²) < 4.78 is 19.8. The summed E-state index contributed by atoms with van der Waals surface area (Å²) in [5, 5.41) is 19.8. The molecule has 106 valence electrons. The Morgan fingerprint density at radius 3 is 2.52 bits per heavy atom. The lowest BCUT2D eigenvalue weighted by Crippen LogP contribution is -1.96. The number of hydrogen-bond donors (Lipinski definition) is 0. The number of halogens is 3. The Morgan fingerprint density at radius 1 is 1.24 bits per heavy atom. The molecule has 0 spiro atoms. The van der Waals surface area contributed by atoms with Crippen LogP contribution in [0, 0.1) is 27.3 Å². The molecule has 0 saturated heterocycles. The normalized spacial score (nSPS) is 10.0. The van der Waals surface area contributed by atoms with Crippen LogP contribution in [-0.2, 0) is 0 Å².